The first-order valence-corrected chi connectivity index (χ1v) is 10.2. The summed E-state index contributed by atoms with van der Waals surface area (Å²) in [5, 5.41) is 3.66. The van der Waals surface area contributed by atoms with Crippen LogP contribution >= 0.6 is 0 Å². The normalized spacial score (nSPS) is 10.5. The standard InChI is InChI=1S/C7H9N3O2.2C6H5.Sb/c1-5(9-10-7(8)11)6-3-2-4-12-6;2*1-2-4-6-5-3-1;/h2-4H,1H3,(H3,8,10,11);2*1-5H;/b9-5+;;;. The van der Waals surface area contributed by atoms with Crippen LogP contribution in [0.3, 0.4) is 0 Å². The van der Waals surface area contributed by atoms with E-state index in [0.29, 0.717) is 11.5 Å². The maximum atomic E-state index is 10.2. The van der Waals surface area contributed by atoms with Crippen molar-refractivity contribution in [3.05, 3.63) is 84.8 Å². The molecule has 0 spiro atoms. The molecule has 1 aromatic heterocycles. The number of nitrogens with two attached hydrogens (primary N) is 1. The van der Waals surface area contributed by atoms with Crippen molar-refractivity contribution in [1.29, 1.82) is 0 Å². The molecule has 0 saturated heterocycles. The number of furan rings is 1. The van der Waals surface area contributed by atoms with Crippen LogP contribution < -0.4 is 18.2 Å². The summed E-state index contributed by atoms with van der Waals surface area (Å²) in [6.07, 6.45) is 1.53. The zero-order valence-corrected chi connectivity index (χ0v) is 16.3. The molecule has 2 amide bonds. The zero-order valence-electron chi connectivity index (χ0n) is 13.8. The molecular formula is C19H19N3O2Sb. The van der Waals surface area contributed by atoms with Crippen LogP contribution in [-0.4, -0.2) is 33.4 Å². The Balaban J connectivity index is 0.000000181. The van der Waals surface area contributed by atoms with E-state index in [1.165, 1.54) is 13.3 Å². The second kappa shape index (κ2) is 10.4. The number of hydrazone groups is 1. The summed E-state index contributed by atoms with van der Waals surface area (Å²) in [5.74, 6) is 0.601. The number of nitrogens with zero attached hydrogens (tertiary/aromatic N) is 1. The molecule has 6 heteroatoms. The molecule has 1 heterocycles. The first kappa shape index (κ1) is 18.8. The average Bonchev–Trinajstić information content (AvgIpc) is 3.17. The Morgan fingerprint density at radius 1 is 0.960 bits per heavy atom. The molecule has 0 unspecified atom stereocenters. The van der Waals surface area contributed by atoms with Crippen molar-refractivity contribution in [2.75, 3.05) is 0 Å². The van der Waals surface area contributed by atoms with Gasteiger partial charge >= 0.3 is 95.3 Å². The van der Waals surface area contributed by atoms with Crippen LogP contribution in [0.25, 0.3) is 0 Å². The summed E-state index contributed by atoms with van der Waals surface area (Å²) in [6, 6.07) is 24.3. The van der Waals surface area contributed by atoms with Crippen LogP contribution in [0.4, 0.5) is 4.79 Å². The van der Waals surface area contributed by atoms with Gasteiger partial charge in [0.25, 0.3) is 0 Å². The van der Waals surface area contributed by atoms with Gasteiger partial charge in [-0.05, 0) is 19.1 Å². The van der Waals surface area contributed by atoms with Crippen molar-refractivity contribution in [3.8, 4) is 0 Å². The number of primary amides is 1. The average molecular weight is 443 g/mol. The number of rotatable bonds is 4. The van der Waals surface area contributed by atoms with E-state index in [-0.39, 0.29) is 21.6 Å². The van der Waals surface area contributed by atoms with Crippen LogP contribution in [0, 0.1) is 0 Å². The van der Waals surface area contributed by atoms with Gasteiger partial charge in [-0.3, -0.25) is 0 Å². The Morgan fingerprint density at radius 3 is 1.96 bits per heavy atom. The van der Waals surface area contributed by atoms with Crippen molar-refractivity contribution in [3.63, 3.8) is 0 Å². The number of hydrogen-bond donors (Lipinski definition) is 2. The van der Waals surface area contributed by atoms with Crippen molar-refractivity contribution >= 4 is 40.4 Å². The third-order valence-electron chi connectivity index (χ3n) is 2.98. The molecule has 0 aliphatic carbocycles. The van der Waals surface area contributed by atoms with Crippen molar-refractivity contribution in [2.24, 2.45) is 10.8 Å². The number of benzene rings is 2. The quantitative estimate of drug-likeness (QED) is 0.368. The molecular weight excluding hydrogens is 424 g/mol. The van der Waals surface area contributed by atoms with Crippen LogP contribution in [-0.2, 0) is 0 Å². The number of carbonyl (C=O) groups excluding carboxylic acids is 1. The fourth-order valence-corrected chi connectivity index (χ4v) is 4.52. The number of amides is 2. The topological polar surface area (TPSA) is 80.6 Å². The summed E-state index contributed by atoms with van der Waals surface area (Å²) in [6.45, 7) is 1.70. The maximum absolute atomic E-state index is 10.2. The molecule has 3 aromatic rings. The second-order valence-corrected chi connectivity index (χ2v) is 8.52. The Morgan fingerprint density at radius 2 is 1.52 bits per heavy atom. The van der Waals surface area contributed by atoms with E-state index in [4.69, 9.17) is 10.2 Å². The van der Waals surface area contributed by atoms with E-state index in [2.05, 4.69) is 71.2 Å². The van der Waals surface area contributed by atoms with Gasteiger partial charge in [0.15, 0.2) is 0 Å². The van der Waals surface area contributed by atoms with Crippen LogP contribution in [0.5, 0.6) is 0 Å². The molecule has 0 bridgehead atoms. The Kier molecular flexibility index (Phi) is 7.80. The molecule has 2 aromatic carbocycles. The van der Waals surface area contributed by atoms with Crippen LogP contribution in [0.1, 0.15) is 12.7 Å². The first-order valence-electron chi connectivity index (χ1n) is 7.60. The number of carbonyl (C=O) groups is 1. The van der Waals surface area contributed by atoms with Gasteiger partial charge < -0.3 is 10.2 Å². The summed E-state index contributed by atoms with van der Waals surface area (Å²) < 4.78 is 8.04. The van der Waals surface area contributed by atoms with Crippen molar-refractivity contribution in [2.45, 2.75) is 6.92 Å². The molecule has 0 aliphatic rings. The fraction of sp³-hybridized carbons (Fsp3) is 0.0526. The molecule has 3 N–H and O–H groups in total. The fourth-order valence-electron chi connectivity index (χ4n) is 1.83. The van der Waals surface area contributed by atoms with E-state index in [1.54, 1.807) is 19.1 Å². The van der Waals surface area contributed by atoms with Crippen LogP contribution in [0.15, 0.2) is 88.6 Å². The third-order valence-corrected chi connectivity index (χ3v) is 6.16. The van der Waals surface area contributed by atoms with Gasteiger partial charge in [-0.2, -0.15) is 5.10 Å². The summed E-state index contributed by atoms with van der Waals surface area (Å²) >= 11 is -0.335. The van der Waals surface area contributed by atoms with E-state index in [1.807, 2.05) is 0 Å². The molecule has 25 heavy (non-hydrogen) atoms. The van der Waals surface area contributed by atoms with E-state index in [0.717, 1.165) is 0 Å². The predicted octanol–water partition coefficient (Wildman–Crippen LogP) is 2.01. The molecule has 0 atom stereocenters. The first-order chi connectivity index (χ1) is 12.1. The molecule has 0 aliphatic heterocycles. The van der Waals surface area contributed by atoms with E-state index in [9.17, 15) is 4.79 Å². The van der Waals surface area contributed by atoms with Crippen molar-refractivity contribution < 1.29 is 9.21 Å². The minimum atomic E-state index is -0.694. The number of nitrogens with one attached hydrogen (secondary N) is 1. The summed E-state index contributed by atoms with van der Waals surface area (Å²) in [7, 11) is 0. The molecule has 0 saturated carbocycles. The second-order valence-electron chi connectivity index (χ2n) is 4.93. The summed E-state index contributed by atoms with van der Waals surface area (Å²) in [5.41, 5.74) is 7.48. The summed E-state index contributed by atoms with van der Waals surface area (Å²) in [4.78, 5) is 10.2. The van der Waals surface area contributed by atoms with Gasteiger partial charge in [0.05, 0.1) is 6.26 Å². The number of hydrogen-bond acceptors (Lipinski definition) is 3. The van der Waals surface area contributed by atoms with Gasteiger partial charge in [-0.15, -0.1) is 0 Å². The molecule has 127 valence electrons. The Bertz CT molecular complexity index is 751. The molecule has 1 radical (unpaired) electrons. The monoisotopic (exact) mass is 442 g/mol. The van der Waals surface area contributed by atoms with E-state index < -0.39 is 6.03 Å². The molecule has 0 fully saturated rings. The SMILES string of the molecule is C/C(=N\NC(N)=O)c1ccco1.c1cc[c]([Sb][c]2ccccc2)cc1. The van der Waals surface area contributed by atoms with Gasteiger partial charge in [0.1, 0.15) is 11.5 Å². The van der Waals surface area contributed by atoms with Gasteiger partial charge in [-0.25, -0.2) is 10.2 Å². The Hall–Kier alpha value is -2.52. The van der Waals surface area contributed by atoms with Crippen LogP contribution in [0.2, 0.25) is 0 Å². The van der Waals surface area contributed by atoms with Gasteiger partial charge in [-0.1, -0.05) is 0 Å². The van der Waals surface area contributed by atoms with Gasteiger partial charge in [0.2, 0.25) is 0 Å². The third kappa shape index (κ3) is 7.27. The van der Waals surface area contributed by atoms with Crippen molar-refractivity contribution in [1.82, 2.24) is 5.43 Å². The number of urea groups is 1. The van der Waals surface area contributed by atoms with Gasteiger partial charge in [0, 0.05) is 0 Å². The molecule has 3 rings (SSSR count). The van der Waals surface area contributed by atoms with E-state index >= 15 is 0 Å². The predicted molar refractivity (Wildman–Crippen MR) is 102 cm³/mol. The Labute approximate surface area is 157 Å². The zero-order chi connectivity index (χ0) is 17.9. The molecule has 5 nitrogen and oxygen atoms in total. The minimum absolute atomic E-state index is 0.335.